The summed E-state index contributed by atoms with van der Waals surface area (Å²) in [6.07, 6.45) is 0.962. The van der Waals surface area contributed by atoms with Gasteiger partial charge in [0.1, 0.15) is 5.75 Å². The quantitative estimate of drug-likeness (QED) is 0.869. The average Bonchev–Trinajstić information content (AvgIpc) is 3.10. The van der Waals surface area contributed by atoms with Gasteiger partial charge < -0.3 is 14.5 Å². The molecule has 0 spiro atoms. The van der Waals surface area contributed by atoms with E-state index in [1.165, 1.54) is 5.69 Å². The molecule has 2 fully saturated rings. The van der Waals surface area contributed by atoms with E-state index in [9.17, 15) is 4.79 Å². The number of benzene rings is 1. The van der Waals surface area contributed by atoms with Crippen molar-refractivity contribution in [3.8, 4) is 5.75 Å². The SMILES string of the molecule is CCC1NNCC1C(=O)N1CCN(c2ccc(OC)cc2)CC1C. The molecule has 1 amide bonds. The first-order valence-corrected chi connectivity index (χ1v) is 8.82. The number of rotatable bonds is 4. The fraction of sp³-hybridized carbons (Fsp3) is 0.611. The van der Waals surface area contributed by atoms with E-state index in [4.69, 9.17) is 4.74 Å². The number of amides is 1. The normalized spacial score (nSPS) is 27.4. The lowest BCUT2D eigenvalue weighted by Gasteiger charge is -2.42. The van der Waals surface area contributed by atoms with Crippen LogP contribution in [0.5, 0.6) is 5.75 Å². The monoisotopic (exact) mass is 332 g/mol. The van der Waals surface area contributed by atoms with Crippen molar-refractivity contribution in [3.63, 3.8) is 0 Å². The molecule has 3 atom stereocenters. The van der Waals surface area contributed by atoms with E-state index in [1.807, 2.05) is 12.1 Å². The van der Waals surface area contributed by atoms with Gasteiger partial charge in [-0.15, -0.1) is 0 Å². The minimum atomic E-state index is 0.0463. The van der Waals surface area contributed by atoms with E-state index < -0.39 is 0 Å². The molecule has 2 aliphatic heterocycles. The highest BCUT2D eigenvalue weighted by Gasteiger charge is 2.37. The zero-order chi connectivity index (χ0) is 17.1. The first kappa shape index (κ1) is 17.0. The van der Waals surface area contributed by atoms with Crippen LogP contribution in [-0.2, 0) is 4.79 Å². The second kappa shape index (κ2) is 7.40. The number of hydrogen-bond acceptors (Lipinski definition) is 5. The van der Waals surface area contributed by atoms with Crippen LogP contribution in [0.1, 0.15) is 20.3 Å². The molecule has 2 heterocycles. The summed E-state index contributed by atoms with van der Waals surface area (Å²) in [5, 5.41) is 0. The van der Waals surface area contributed by atoms with E-state index in [1.54, 1.807) is 7.11 Å². The molecule has 2 aliphatic rings. The van der Waals surface area contributed by atoms with Crippen LogP contribution in [0.3, 0.4) is 0 Å². The highest BCUT2D eigenvalue weighted by atomic mass is 16.5. The number of nitrogens with one attached hydrogen (secondary N) is 2. The number of anilines is 1. The van der Waals surface area contributed by atoms with Gasteiger partial charge in [-0.1, -0.05) is 6.92 Å². The third-order valence-electron chi connectivity index (χ3n) is 5.20. The van der Waals surface area contributed by atoms with Gasteiger partial charge >= 0.3 is 0 Å². The molecule has 1 aromatic rings. The summed E-state index contributed by atoms with van der Waals surface area (Å²) >= 11 is 0. The van der Waals surface area contributed by atoms with Gasteiger partial charge in [-0.05, 0) is 37.6 Å². The Balaban J connectivity index is 1.63. The molecule has 0 radical (unpaired) electrons. The maximum atomic E-state index is 12.9. The number of hydrazine groups is 1. The predicted molar refractivity (Wildman–Crippen MR) is 95.1 cm³/mol. The van der Waals surface area contributed by atoms with Gasteiger partial charge in [0, 0.05) is 44.0 Å². The summed E-state index contributed by atoms with van der Waals surface area (Å²) in [7, 11) is 1.68. The van der Waals surface area contributed by atoms with E-state index in [0.29, 0.717) is 0 Å². The fourth-order valence-corrected chi connectivity index (χ4v) is 3.71. The Hall–Kier alpha value is -1.79. The van der Waals surface area contributed by atoms with Crippen LogP contribution in [0.2, 0.25) is 0 Å². The van der Waals surface area contributed by atoms with Gasteiger partial charge in [-0.3, -0.25) is 15.6 Å². The van der Waals surface area contributed by atoms with Crippen LogP contribution in [0.25, 0.3) is 0 Å². The standard InChI is InChI=1S/C18H28N4O2/c1-4-17-16(11-19-20-17)18(23)22-10-9-21(12-13(22)2)14-5-7-15(24-3)8-6-14/h5-8,13,16-17,19-20H,4,9-12H2,1-3H3. The zero-order valence-corrected chi connectivity index (χ0v) is 14.8. The fourth-order valence-electron chi connectivity index (χ4n) is 3.71. The summed E-state index contributed by atoms with van der Waals surface area (Å²) in [6.45, 7) is 7.50. The van der Waals surface area contributed by atoms with Crippen LogP contribution < -0.4 is 20.5 Å². The number of carbonyl (C=O) groups is 1. The van der Waals surface area contributed by atoms with Crippen molar-refractivity contribution in [2.45, 2.75) is 32.4 Å². The molecular formula is C18H28N4O2. The Kier molecular flexibility index (Phi) is 5.26. The minimum Gasteiger partial charge on any atom is -0.497 e. The molecule has 0 aliphatic carbocycles. The largest absolute Gasteiger partial charge is 0.497 e. The first-order valence-electron chi connectivity index (χ1n) is 8.82. The van der Waals surface area contributed by atoms with Gasteiger partial charge in [0.05, 0.1) is 13.0 Å². The van der Waals surface area contributed by atoms with Gasteiger partial charge in [-0.25, -0.2) is 0 Å². The van der Waals surface area contributed by atoms with Crippen molar-refractivity contribution in [2.24, 2.45) is 5.92 Å². The van der Waals surface area contributed by atoms with Crippen LogP contribution in [0, 0.1) is 5.92 Å². The summed E-state index contributed by atoms with van der Waals surface area (Å²) < 4.78 is 5.22. The maximum absolute atomic E-state index is 12.9. The molecule has 1 aromatic carbocycles. The topological polar surface area (TPSA) is 56.8 Å². The molecule has 2 N–H and O–H groups in total. The van der Waals surface area contributed by atoms with Crippen molar-refractivity contribution in [3.05, 3.63) is 24.3 Å². The van der Waals surface area contributed by atoms with Crippen molar-refractivity contribution >= 4 is 11.6 Å². The third-order valence-corrected chi connectivity index (χ3v) is 5.20. The second-order valence-corrected chi connectivity index (χ2v) is 6.67. The lowest BCUT2D eigenvalue weighted by Crippen LogP contribution is -2.56. The Morgan fingerprint density at radius 1 is 1.29 bits per heavy atom. The molecule has 6 nitrogen and oxygen atoms in total. The molecule has 0 bridgehead atoms. The smallest absolute Gasteiger partial charge is 0.229 e. The van der Waals surface area contributed by atoms with Crippen LogP contribution in [0.4, 0.5) is 5.69 Å². The molecule has 6 heteroatoms. The van der Waals surface area contributed by atoms with Crippen molar-refractivity contribution < 1.29 is 9.53 Å². The Bertz CT molecular complexity index is 563. The highest BCUT2D eigenvalue weighted by molar-refractivity contribution is 5.81. The lowest BCUT2D eigenvalue weighted by atomic mass is 9.97. The summed E-state index contributed by atoms with van der Waals surface area (Å²) in [6, 6.07) is 8.59. The number of hydrogen-bond donors (Lipinski definition) is 2. The summed E-state index contributed by atoms with van der Waals surface area (Å²) in [5.41, 5.74) is 7.54. The molecule has 2 saturated heterocycles. The molecular weight excluding hydrogens is 304 g/mol. The molecule has 3 rings (SSSR count). The number of ether oxygens (including phenoxy) is 1. The predicted octanol–water partition coefficient (Wildman–Crippen LogP) is 1.23. The number of carbonyl (C=O) groups excluding carboxylic acids is 1. The Morgan fingerprint density at radius 2 is 2.04 bits per heavy atom. The van der Waals surface area contributed by atoms with Crippen molar-refractivity contribution in [1.29, 1.82) is 0 Å². The Morgan fingerprint density at radius 3 is 2.67 bits per heavy atom. The Labute approximate surface area is 144 Å². The molecule has 3 unspecified atom stereocenters. The highest BCUT2D eigenvalue weighted by Crippen LogP contribution is 2.24. The van der Waals surface area contributed by atoms with Crippen molar-refractivity contribution in [1.82, 2.24) is 15.8 Å². The number of piperazine rings is 1. The van der Waals surface area contributed by atoms with Crippen molar-refractivity contribution in [2.75, 3.05) is 38.2 Å². The van der Waals surface area contributed by atoms with Crippen LogP contribution >= 0.6 is 0 Å². The minimum absolute atomic E-state index is 0.0463. The van der Waals surface area contributed by atoms with E-state index in [-0.39, 0.29) is 23.9 Å². The molecule has 0 saturated carbocycles. The second-order valence-electron chi connectivity index (χ2n) is 6.67. The lowest BCUT2D eigenvalue weighted by molar-refractivity contribution is -0.137. The van der Waals surface area contributed by atoms with Gasteiger partial charge in [-0.2, -0.15) is 0 Å². The molecule has 0 aromatic heterocycles. The summed E-state index contributed by atoms with van der Waals surface area (Å²) in [5.74, 6) is 1.19. The van der Waals surface area contributed by atoms with Gasteiger partial charge in [0.15, 0.2) is 0 Å². The molecule has 132 valence electrons. The summed E-state index contributed by atoms with van der Waals surface area (Å²) in [4.78, 5) is 17.3. The van der Waals surface area contributed by atoms with Crippen LogP contribution in [0.15, 0.2) is 24.3 Å². The van der Waals surface area contributed by atoms with Gasteiger partial charge in [0.2, 0.25) is 5.91 Å². The van der Waals surface area contributed by atoms with E-state index in [2.05, 4.69) is 46.6 Å². The van der Waals surface area contributed by atoms with E-state index >= 15 is 0 Å². The van der Waals surface area contributed by atoms with E-state index in [0.717, 1.165) is 38.3 Å². The average molecular weight is 332 g/mol. The third kappa shape index (κ3) is 3.35. The van der Waals surface area contributed by atoms with Crippen LogP contribution in [-0.4, -0.2) is 56.2 Å². The number of methoxy groups -OCH3 is 1. The maximum Gasteiger partial charge on any atom is 0.229 e. The molecule has 24 heavy (non-hydrogen) atoms. The number of nitrogens with zero attached hydrogens (tertiary/aromatic N) is 2. The zero-order valence-electron chi connectivity index (χ0n) is 14.8. The first-order chi connectivity index (χ1) is 11.6. The van der Waals surface area contributed by atoms with Gasteiger partial charge in [0.25, 0.3) is 0 Å².